The van der Waals surface area contributed by atoms with E-state index in [1.165, 1.54) is 11.1 Å². The summed E-state index contributed by atoms with van der Waals surface area (Å²) in [5.41, 5.74) is 2.56. The molecule has 1 aromatic rings. The Morgan fingerprint density at radius 2 is 1.89 bits per heavy atom. The zero-order chi connectivity index (χ0) is 13.4. The molecule has 0 aromatic heterocycles. The van der Waals surface area contributed by atoms with Gasteiger partial charge in [-0.05, 0) is 29.9 Å². The third-order valence-electron chi connectivity index (χ3n) is 2.64. The Balaban J connectivity index is 2.35. The van der Waals surface area contributed by atoms with Crippen molar-refractivity contribution in [1.82, 2.24) is 5.32 Å². The van der Waals surface area contributed by atoms with Crippen LogP contribution in [0.15, 0.2) is 24.3 Å². The first kappa shape index (κ1) is 14.2. The molecule has 1 N–H and O–H groups in total. The first-order chi connectivity index (χ1) is 8.61. The maximum absolute atomic E-state index is 11.1. The van der Waals surface area contributed by atoms with Gasteiger partial charge < -0.3 is 5.32 Å². The maximum Gasteiger partial charge on any atom is 0.234 e. The molecule has 0 aliphatic rings. The van der Waals surface area contributed by atoms with E-state index >= 15 is 0 Å². The van der Waals surface area contributed by atoms with Crippen LogP contribution in [0, 0.1) is 17.2 Å². The molecule has 3 heteroatoms. The van der Waals surface area contributed by atoms with Crippen molar-refractivity contribution in [1.29, 1.82) is 5.26 Å². The standard InChI is InChI=1S/C15H20N2O/c1-12(2)11-14-5-3-13(4-6-14)8-10-17-15(18)7-9-16/h3-6,12H,7-8,10-11H2,1-2H3,(H,17,18). The van der Waals surface area contributed by atoms with Crippen LogP contribution in [-0.4, -0.2) is 12.5 Å². The van der Waals surface area contributed by atoms with Gasteiger partial charge in [0.2, 0.25) is 5.91 Å². The Kier molecular flexibility index (Phi) is 5.93. The lowest BCUT2D eigenvalue weighted by Gasteiger charge is -2.07. The molecule has 18 heavy (non-hydrogen) atoms. The van der Waals surface area contributed by atoms with Crippen LogP contribution in [0.5, 0.6) is 0 Å². The third kappa shape index (κ3) is 5.49. The van der Waals surface area contributed by atoms with Gasteiger partial charge in [-0.25, -0.2) is 0 Å². The molecule has 1 amide bonds. The van der Waals surface area contributed by atoms with Crippen LogP contribution in [0.3, 0.4) is 0 Å². The highest BCUT2D eigenvalue weighted by molar-refractivity contribution is 5.77. The number of benzene rings is 1. The average molecular weight is 244 g/mol. The summed E-state index contributed by atoms with van der Waals surface area (Å²) >= 11 is 0. The van der Waals surface area contributed by atoms with Crippen molar-refractivity contribution in [2.75, 3.05) is 6.54 Å². The Bertz CT molecular complexity index is 415. The highest BCUT2D eigenvalue weighted by atomic mass is 16.1. The first-order valence-electron chi connectivity index (χ1n) is 6.33. The molecule has 0 spiro atoms. The molecule has 96 valence electrons. The second-order valence-corrected chi connectivity index (χ2v) is 4.85. The highest BCUT2D eigenvalue weighted by Crippen LogP contribution is 2.09. The molecule has 0 atom stereocenters. The van der Waals surface area contributed by atoms with Gasteiger partial charge in [0, 0.05) is 6.54 Å². The average Bonchev–Trinajstić information content (AvgIpc) is 2.31. The smallest absolute Gasteiger partial charge is 0.234 e. The number of hydrogen-bond acceptors (Lipinski definition) is 2. The van der Waals surface area contributed by atoms with Crippen molar-refractivity contribution in [3.63, 3.8) is 0 Å². The molecule has 0 aliphatic carbocycles. The SMILES string of the molecule is CC(C)Cc1ccc(CCNC(=O)CC#N)cc1. The molecule has 0 heterocycles. The van der Waals surface area contributed by atoms with Gasteiger partial charge in [-0.1, -0.05) is 38.1 Å². The molecule has 1 aromatic carbocycles. The molecule has 1 rings (SSSR count). The van der Waals surface area contributed by atoms with Crippen molar-refractivity contribution >= 4 is 5.91 Å². The molecule has 0 radical (unpaired) electrons. The predicted octanol–water partition coefficient (Wildman–Crippen LogP) is 2.46. The van der Waals surface area contributed by atoms with E-state index < -0.39 is 0 Å². The number of carbonyl (C=O) groups excluding carboxylic acids is 1. The van der Waals surface area contributed by atoms with Crippen LogP contribution in [0.25, 0.3) is 0 Å². The zero-order valence-electron chi connectivity index (χ0n) is 11.1. The lowest BCUT2D eigenvalue weighted by Crippen LogP contribution is -2.24. The van der Waals surface area contributed by atoms with Gasteiger partial charge in [0.15, 0.2) is 0 Å². The van der Waals surface area contributed by atoms with E-state index in [9.17, 15) is 4.79 Å². The second kappa shape index (κ2) is 7.50. The summed E-state index contributed by atoms with van der Waals surface area (Å²) in [5.74, 6) is 0.468. The number of nitriles is 1. The first-order valence-corrected chi connectivity index (χ1v) is 6.33. The fraction of sp³-hybridized carbons (Fsp3) is 0.467. The minimum Gasteiger partial charge on any atom is -0.355 e. The van der Waals surface area contributed by atoms with Crippen LogP contribution in [0.1, 0.15) is 31.4 Å². The van der Waals surface area contributed by atoms with Gasteiger partial charge in [0.1, 0.15) is 6.42 Å². The van der Waals surface area contributed by atoms with Gasteiger partial charge in [0.05, 0.1) is 6.07 Å². The molecule has 0 unspecified atom stereocenters. The van der Waals surface area contributed by atoms with Gasteiger partial charge in [-0.3, -0.25) is 4.79 Å². The summed E-state index contributed by atoms with van der Waals surface area (Å²) in [7, 11) is 0. The maximum atomic E-state index is 11.1. The summed E-state index contributed by atoms with van der Waals surface area (Å²) in [6.07, 6.45) is 1.84. The van der Waals surface area contributed by atoms with Gasteiger partial charge >= 0.3 is 0 Å². The van der Waals surface area contributed by atoms with E-state index in [0.717, 1.165) is 12.8 Å². The number of nitrogens with zero attached hydrogens (tertiary/aromatic N) is 1. The highest BCUT2D eigenvalue weighted by Gasteiger charge is 2.00. The summed E-state index contributed by atoms with van der Waals surface area (Å²) in [6, 6.07) is 10.3. The largest absolute Gasteiger partial charge is 0.355 e. The zero-order valence-corrected chi connectivity index (χ0v) is 11.1. The van der Waals surface area contributed by atoms with Gasteiger partial charge in [0.25, 0.3) is 0 Å². The summed E-state index contributed by atoms with van der Waals surface area (Å²) in [4.78, 5) is 11.1. The second-order valence-electron chi connectivity index (χ2n) is 4.85. The Morgan fingerprint density at radius 3 is 2.44 bits per heavy atom. The molecule has 0 saturated carbocycles. The summed E-state index contributed by atoms with van der Waals surface area (Å²) in [5, 5.41) is 11.1. The van der Waals surface area contributed by atoms with Gasteiger partial charge in [-0.15, -0.1) is 0 Å². The van der Waals surface area contributed by atoms with Crippen LogP contribution < -0.4 is 5.32 Å². The fourth-order valence-electron chi connectivity index (χ4n) is 1.79. The number of nitrogens with one attached hydrogen (secondary N) is 1. The molecule has 3 nitrogen and oxygen atoms in total. The fourth-order valence-corrected chi connectivity index (χ4v) is 1.79. The molecule has 0 aliphatic heterocycles. The Hall–Kier alpha value is -1.82. The normalized spacial score (nSPS) is 10.1. The number of rotatable bonds is 6. The lowest BCUT2D eigenvalue weighted by atomic mass is 10.0. The van der Waals surface area contributed by atoms with Crippen LogP contribution in [0.2, 0.25) is 0 Å². The van der Waals surface area contributed by atoms with E-state index in [2.05, 4.69) is 43.4 Å². The summed E-state index contributed by atoms with van der Waals surface area (Å²) in [6.45, 7) is 5.00. The number of hydrogen-bond donors (Lipinski definition) is 1. The van der Waals surface area contributed by atoms with E-state index in [4.69, 9.17) is 5.26 Å². The van der Waals surface area contributed by atoms with Crippen molar-refractivity contribution < 1.29 is 4.79 Å². The third-order valence-corrected chi connectivity index (χ3v) is 2.64. The lowest BCUT2D eigenvalue weighted by molar-refractivity contribution is -0.120. The monoisotopic (exact) mass is 244 g/mol. The minimum atomic E-state index is -0.200. The van der Waals surface area contributed by atoms with Crippen molar-refractivity contribution in [2.45, 2.75) is 33.1 Å². The van der Waals surface area contributed by atoms with Gasteiger partial charge in [-0.2, -0.15) is 5.26 Å². The topological polar surface area (TPSA) is 52.9 Å². The molecular formula is C15H20N2O. The van der Waals surface area contributed by atoms with Crippen LogP contribution in [0.4, 0.5) is 0 Å². The predicted molar refractivity (Wildman–Crippen MR) is 71.9 cm³/mol. The Morgan fingerprint density at radius 1 is 1.28 bits per heavy atom. The molecule has 0 saturated heterocycles. The van der Waals surface area contributed by atoms with Crippen molar-refractivity contribution in [2.24, 2.45) is 5.92 Å². The number of amides is 1. The van der Waals surface area contributed by atoms with E-state index in [1.54, 1.807) is 0 Å². The molecule has 0 bridgehead atoms. The minimum absolute atomic E-state index is 0.0622. The van der Waals surface area contributed by atoms with Crippen molar-refractivity contribution in [3.05, 3.63) is 35.4 Å². The van der Waals surface area contributed by atoms with E-state index in [-0.39, 0.29) is 12.3 Å². The Labute approximate surface area is 109 Å². The quantitative estimate of drug-likeness (QED) is 0.835. The molecule has 0 fully saturated rings. The van der Waals surface area contributed by atoms with E-state index in [1.807, 2.05) is 6.07 Å². The van der Waals surface area contributed by atoms with Crippen LogP contribution in [-0.2, 0) is 17.6 Å². The summed E-state index contributed by atoms with van der Waals surface area (Å²) < 4.78 is 0. The van der Waals surface area contributed by atoms with E-state index in [0.29, 0.717) is 12.5 Å². The number of carbonyl (C=O) groups is 1. The molecular weight excluding hydrogens is 224 g/mol. The van der Waals surface area contributed by atoms with Crippen molar-refractivity contribution in [3.8, 4) is 6.07 Å². The van der Waals surface area contributed by atoms with Crippen LogP contribution >= 0.6 is 0 Å².